The molecule has 0 saturated carbocycles. The molecule has 0 aliphatic heterocycles. The Labute approximate surface area is 102 Å². The zero-order chi connectivity index (χ0) is 11.5. The van der Waals surface area contributed by atoms with Crippen molar-refractivity contribution in [2.45, 2.75) is 19.8 Å². The summed E-state index contributed by atoms with van der Waals surface area (Å²) in [6.45, 7) is 1.82. The highest BCUT2D eigenvalue weighted by molar-refractivity contribution is 9.10. The predicted octanol–water partition coefficient (Wildman–Crippen LogP) is 3.71. The molecule has 3 nitrogen and oxygen atoms in total. The lowest BCUT2D eigenvalue weighted by atomic mass is 10.1. The quantitative estimate of drug-likeness (QED) is 0.503. The second kappa shape index (κ2) is 4.70. The maximum absolute atomic E-state index is 8.59. The number of fused-ring (bicyclic) bond motifs is 1. The van der Waals surface area contributed by atoms with E-state index in [1.807, 2.05) is 19.2 Å². The molecule has 0 saturated heterocycles. The van der Waals surface area contributed by atoms with Crippen LogP contribution in [0.5, 0.6) is 0 Å². The number of rotatable bonds is 3. The van der Waals surface area contributed by atoms with Crippen molar-refractivity contribution in [1.82, 2.24) is 4.98 Å². The molecule has 1 aromatic heterocycles. The van der Waals surface area contributed by atoms with Crippen molar-refractivity contribution in [3.63, 3.8) is 0 Å². The highest BCUT2D eigenvalue weighted by atomic mass is 79.9. The van der Waals surface area contributed by atoms with E-state index in [0.717, 1.165) is 28.5 Å². The Bertz CT molecular complexity index is 531. The molecule has 0 unspecified atom stereocenters. The van der Waals surface area contributed by atoms with Crippen LogP contribution in [-0.4, -0.2) is 15.9 Å². The van der Waals surface area contributed by atoms with Crippen molar-refractivity contribution < 1.29 is 5.21 Å². The molecule has 0 spiro atoms. The van der Waals surface area contributed by atoms with Gasteiger partial charge in [0.2, 0.25) is 0 Å². The van der Waals surface area contributed by atoms with Gasteiger partial charge in [0.25, 0.3) is 0 Å². The number of benzene rings is 1. The Morgan fingerprint density at radius 3 is 3.06 bits per heavy atom. The second-order valence-electron chi connectivity index (χ2n) is 3.84. The molecule has 2 N–H and O–H groups in total. The van der Waals surface area contributed by atoms with Gasteiger partial charge in [0.15, 0.2) is 0 Å². The maximum Gasteiger partial charge on any atom is 0.0543 e. The lowest BCUT2D eigenvalue weighted by Crippen LogP contribution is -1.94. The summed E-state index contributed by atoms with van der Waals surface area (Å²) in [5.41, 5.74) is 3.14. The SMILES string of the molecule is CC(CCc1c[nH]c2ccc(Br)cc12)=NO. The molecule has 0 radical (unpaired) electrons. The van der Waals surface area contributed by atoms with Crippen molar-refractivity contribution in [3.8, 4) is 0 Å². The zero-order valence-electron chi connectivity index (χ0n) is 9.00. The van der Waals surface area contributed by atoms with Crippen LogP contribution in [0, 0.1) is 0 Å². The number of aromatic nitrogens is 1. The van der Waals surface area contributed by atoms with Crippen LogP contribution in [0.4, 0.5) is 0 Å². The number of nitrogens with zero attached hydrogens (tertiary/aromatic N) is 1. The topological polar surface area (TPSA) is 48.4 Å². The molecule has 2 rings (SSSR count). The first kappa shape index (κ1) is 11.2. The molecular weight excluding hydrogens is 268 g/mol. The highest BCUT2D eigenvalue weighted by Gasteiger charge is 2.04. The molecular formula is C12H13BrN2O. The van der Waals surface area contributed by atoms with E-state index < -0.39 is 0 Å². The fourth-order valence-electron chi connectivity index (χ4n) is 1.72. The van der Waals surface area contributed by atoms with Crippen molar-refractivity contribution in [2.75, 3.05) is 0 Å². The van der Waals surface area contributed by atoms with E-state index >= 15 is 0 Å². The van der Waals surface area contributed by atoms with E-state index in [2.05, 4.69) is 38.2 Å². The Balaban J connectivity index is 2.27. The van der Waals surface area contributed by atoms with Gasteiger partial charge in [0.05, 0.1) is 5.71 Å². The number of halogens is 1. The van der Waals surface area contributed by atoms with Crippen LogP contribution in [0.25, 0.3) is 10.9 Å². The Morgan fingerprint density at radius 2 is 2.31 bits per heavy atom. The molecule has 4 heteroatoms. The summed E-state index contributed by atoms with van der Waals surface area (Å²) in [6, 6.07) is 6.17. The average molecular weight is 281 g/mol. The first-order chi connectivity index (χ1) is 7.70. The molecule has 0 aliphatic carbocycles. The first-order valence-corrected chi connectivity index (χ1v) is 5.93. The third-order valence-corrected chi connectivity index (χ3v) is 3.15. The van der Waals surface area contributed by atoms with Gasteiger partial charge in [-0.05, 0) is 43.5 Å². The maximum atomic E-state index is 8.59. The van der Waals surface area contributed by atoms with Gasteiger partial charge in [-0.3, -0.25) is 0 Å². The molecule has 0 amide bonds. The van der Waals surface area contributed by atoms with Gasteiger partial charge in [-0.25, -0.2) is 0 Å². The van der Waals surface area contributed by atoms with Gasteiger partial charge in [0, 0.05) is 21.6 Å². The number of aryl methyl sites for hydroxylation is 1. The number of hydrogen-bond donors (Lipinski definition) is 2. The van der Waals surface area contributed by atoms with Gasteiger partial charge >= 0.3 is 0 Å². The average Bonchev–Trinajstić information content (AvgIpc) is 2.68. The summed E-state index contributed by atoms with van der Waals surface area (Å²) in [5.74, 6) is 0. The van der Waals surface area contributed by atoms with Gasteiger partial charge < -0.3 is 10.2 Å². The van der Waals surface area contributed by atoms with Gasteiger partial charge in [0.1, 0.15) is 0 Å². The number of hydrogen-bond acceptors (Lipinski definition) is 2. The van der Waals surface area contributed by atoms with Crippen LogP contribution < -0.4 is 0 Å². The van der Waals surface area contributed by atoms with Gasteiger partial charge in [-0.2, -0.15) is 0 Å². The summed E-state index contributed by atoms with van der Waals surface area (Å²) < 4.78 is 1.08. The van der Waals surface area contributed by atoms with E-state index in [-0.39, 0.29) is 0 Å². The molecule has 0 fully saturated rings. The minimum atomic E-state index is 0.754. The fourth-order valence-corrected chi connectivity index (χ4v) is 2.08. The smallest absolute Gasteiger partial charge is 0.0543 e. The first-order valence-electron chi connectivity index (χ1n) is 5.14. The summed E-state index contributed by atoms with van der Waals surface area (Å²) in [4.78, 5) is 3.23. The van der Waals surface area contributed by atoms with Crippen LogP contribution in [0.1, 0.15) is 18.9 Å². The fraction of sp³-hybridized carbons (Fsp3) is 0.250. The largest absolute Gasteiger partial charge is 0.411 e. The van der Waals surface area contributed by atoms with E-state index in [4.69, 9.17) is 5.21 Å². The monoisotopic (exact) mass is 280 g/mol. The molecule has 0 atom stereocenters. The molecule has 0 bridgehead atoms. The Hall–Kier alpha value is -1.29. The van der Waals surface area contributed by atoms with E-state index in [0.29, 0.717) is 0 Å². The number of oxime groups is 1. The summed E-state index contributed by atoms with van der Waals surface area (Å²) in [5, 5.41) is 13.0. The van der Waals surface area contributed by atoms with Crippen molar-refractivity contribution in [1.29, 1.82) is 0 Å². The second-order valence-corrected chi connectivity index (χ2v) is 4.75. The third kappa shape index (κ3) is 2.27. The van der Waals surface area contributed by atoms with Crippen LogP contribution in [0.15, 0.2) is 34.0 Å². The van der Waals surface area contributed by atoms with E-state index in [9.17, 15) is 0 Å². The lowest BCUT2D eigenvalue weighted by Gasteiger charge is -1.99. The minimum absolute atomic E-state index is 0.754. The summed E-state index contributed by atoms with van der Waals surface area (Å²) in [7, 11) is 0. The molecule has 0 aliphatic rings. The zero-order valence-corrected chi connectivity index (χ0v) is 10.6. The van der Waals surface area contributed by atoms with Crippen molar-refractivity contribution in [3.05, 3.63) is 34.4 Å². The minimum Gasteiger partial charge on any atom is -0.411 e. The van der Waals surface area contributed by atoms with Crippen LogP contribution in [0.2, 0.25) is 0 Å². The van der Waals surface area contributed by atoms with Crippen LogP contribution >= 0.6 is 15.9 Å². The summed E-state index contributed by atoms with van der Waals surface area (Å²) in [6.07, 6.45) is 3.67. The molecule has 84 valence electrons. The molecule has 1 heterocycles. The molecule has 16 heavy (non-hydrogen) atoms. The Morgan fingerprint density at radius 1 is 1.50 bits per heavy atom. The predicted molar refractivity (Wildman–Crippen MR) is 69.2 cm³/mol. The third-order valence-electron chi connectivity index (χ3n) is 2.66. The van der Waals surface area contributed by atoms with Crippen LogP contribution in [0.3, 0.4) is 0 Å². The standard InChI is InChI=1S/C12H13BrN2O/c1-8(15-16)2-3-9-7-14-12-5-4-10(13)6-11(9)12/h4-7,14,16H,2-3H2,1H3. The van der Waals surface area contributed by atoms with E-state index in [1.54, 1.807) is 0 Å². The normalized spacial score (nSPS) is 12.2. The van der Waals surface area contributed by atoms with E-state index in [1.165, 1.54) is 10.9 Å². The molecule has 2 aromatic rings. The molecule has 1 aromatic carbocycles. The number of H-pyrrole nitrogens is 1. The Kier molecular flexibility index (Phi) is 3.29. The van der Waals surface area contributed by atoms with Crippen molar-refractivity contribution >= 4 is 32.5 Å². The van der Waals surface area contributed by atoms with Gasteiger partial charge in [-0.1, -0.05) is 21.1 Å². The van der Waals surface area contributed by atoms with Gasteiger partial charge in [-0.15, -0.1) is 0 Å². The van der Waals surface area contributed by atoms with Crippen molar-refractivity contribution in [2.24, 2.45) is 5.16 Å². The lowest BCUT2D eigenvalue weighted by molar-refractivity contribution is 0.317. The highest BCUT2D eigenvalue weighted by Crippen LogP contribution is 2.23. The van der Waals surface area contributed by atoms with Crippen LogP contribution in [-0.2, 0) is 6.42 Å². The number of nitrogens with one attached hydrogen (secondary N) is 1. The summed E-state index contributed by atoms with van der Waals surface area (Å²) >= 11 is 3.47. The number of aromatic amines is 1.